The lowest BCUT2D eigenvalue weighted by atomic mass is 10.0. The van der Waals surface area contributed by atoms with Gasteiger partial charge in [0.25, 0.3) is 0 Å². The van der Waals surface area contributed by atoms with Gasteiger partial charge < -0.3 is 10.2 Å². The first-order chi connectivity index (χ1) is 12.0. The lowest BCUT2D eigenvalue weighted by Crippen LogP contribution is -2.37. The number of nitrogens with zero attached hydrogens (tertiary/aromatic N) is 1. The molecule has 5 heteroatoms. The summed E-state index contributed by atoms with van der Waals surface area (Å²) in [6.45, 7) is 5.24. The van der Waals surface area contributed by atoms with Gasteiger partial charge in [0.2, 0.25) is 11.8 Å². The number of amides is 2. The number of rotatable bonds is 6. The summed E-state index contributed by atoms with van der Waals surface area (Å²) < 4.78 is 13.4. The fraction of sp³-hybridized carbons (Fsp3) is 0.300. The summed E-state index contributed by atoms with van der Waals surface area (Å²) in [6, 6.07) is 11.6. The van der Waals surface area contributed by atoms with Crippen LogP contribution in [0.4, 0.5) is 15.8 Å². The molecule has 0 aliphatic heterocycles. The highest BCUT2D eigenvalue weighted by molar-refractivity contribution is 6.02. The smallest absolute Gasteiger partial charge is 0.244 e. The molecule has 1 N–H and O–H groups in total. The summed E-state index contributed by atoms with van der Waals surface area (Å²) in [6.07, 6.45) is 1.59. The van der Waals surface area contributed by atoms with Gasteiger partial charge in [-0.15, -0.1) is 0 Å². The number of benzene rings is 2. The molecule has 2 amide bonds. The first kappa shape index (κ1) is 18.6. The first-order valence-corrected chi connectivity index (χ1v) is 8.40. The average Bonchev–Trinajstić information content (AvgIpc) is 2.59. The molecule has 0 bridgehead atoms. The maximum absolute atomic E-state index is 13.4. The summed E-state index contributed by atoms with van der Waals surface area (Å²) in [5, 5.41) is 2.92. The molecule has 0 fully saturated rings. The van der Waals surface area contributed by atoms with Crippen LogP contribution in [0.3, 0.4) is 0 Å². The van der Waals surface area contributed by atoms with Gasteiger partial charge in [-0.2, -0.15) is 0 Å². The minimum atomic E-state index is -0.450. The van der Waals surface area contributed by atoms with E-state index in [9.17, 15) is 14.0 Å². The summed E-state index contributed by atoms with van der Waals surface area (Å²) >= 11 is 0. The zero-order chi connectivity index (χ0) is 18.4. The topological polar surface area (TPSA) is 49.4 Å². The van der Waals surface area contributed by atoms with Crippen LogP contribution in [0.1, 0.15) is 31.9 Å². The molecule has 0 unspecified atom stereocenters. The van der Waals surface area contributed by atoms with Gasteiger partial charge >= 0.3 is 0 Å². The molecule has 25 heavy (non-hydrogen) atoms. The number of carbonyl (C=O) groups is 2. The molecule has 0 atom stereocenters. The van der Waals surface area contributed by atoms with Gasteiger partial charge in [0.1, 0.15) is 12.4 Å². The van der Waals surface area contributed by atoms with Crippen molar-refractivity contribution in [3.8, 4) is 0 Å². The zero-order valence-corrected chi connectivity index (χ0v) is 14.8. The van der Waals surface area contributed by atoms with Crippen LogP contribution in [0.5, 0.6) is 0 Å². The fourth-order valence-corrected chi connectivity index (χ4v) is 2.75. The molecule has 0 saturated heterocycles. The van der Waals surface area contributed by atoms with E-state index in [1.54, 1.807) is 6.07 Å². The van der Waals surface area contributed by atoms with Crippen LogP contribution in [0.25, 0.3) is 0 Å². The number of anilines is 2. The van der Waals surface area contributed by atoms with E-state index in [4.69, 9.17) is 0 Å². The third-order valence-corrected chi connectivity index (χ3v) is 4.06. The molecule has 4 nitrogen and oxygen atoms in total. The largest absolute Gasteiger partial charge is 0.324 e. The van der Waals surface area contributed by atoms with E-state index < -0.39 is 5.82 Å². The number of hydrogen-bond acceptors (Lipinski definition) is 2. The Bertz CT molecular complexity index is 752. The molecule has 2 rings (SSSR count). The minimum absolute atomic E-state index is 0.167. The molecule has 0 saturated carbocycles. The SMILES string of the molecule is CCc1cccc(CC)c1NC(=O)CN(C(C)=O)c1cccc(F)c1. The Morgan fingerprint density at radius 1 is 1.04 bits per heavy atom. The second-order valence-corrected chi connectivity index (χ2v) is 5.79. The first-order valence-electron chi connectivity index (χ1n) is 8.40. The van der Waals surface area contributed by atoms with Gasteiger partial charge in [0.05, 0.1) is 0 Å². The fourth-order valence-electron chi connectivity index (χ4n) is 2.75. The standard InChI is InChI=1S/C20H23FN2O2/c1-4-15-8-6-9-16(5-2)20(15)22-19(25)13-23(14(3)24)18-11-7-10-17(21)12-18/h6-12H,4-5,13H2,1-3H3,(H,22,25). The van der Waals surface area contributed by atoms with Crippen molar-refractivity contribution in [2.75, 3.05) is 16.8 Å². The van der Waals surface area contributed by atoms with Gasteiger partial charge in [-0.1, -0.05) is 38.1 Å². The Balaban J connectivity index is 2.22. The molecular weight excluding hydrogens is 319 g/mol. The highest BCUT2D eigenvalue weighted by Crippen LogP contribution is 2.23. The number of halogens is 1. The van der Waals surface area contributed by atoms with Gasteiger partial charge in [0.15, 0.2) is 0 Å². The lowest BCUT2D eigenvalue weighted by Gasteiger charge is -2.22. The van der Waals surface area contributed by atoms with Crippen molar-refractivity contribution in [2.45, 2.75) is 33.6 Å². The molecular formula is C20H23FN2O2. The summed E-state index contributed by atoms with van der Waals surface area (Å²) in [4.78, 5) is 25.7. The Hall–Kier alpha value is -2.69. The second-order valence-electron chi connectivity index (χ2n) is 5.79. The van der Waals surface area contributed by atoms with Gasteiger partial charge in [-0.25, -0.2) is 4.39 Å². The van der Waals surface area contributed by atoms with E-state index in [1.165, 1.54) is 30.0 Å². The lowest BCUT2D eigenvalue weighted by molar-refractivity contribution is -0.120. The van der Waals surface area contributed by atoms with E-state index >= 15 is 0 Å². The Kier molecular flexibility index (Phi) is 6.28. The second kappa shape index (κ2) is 8.42. The predicted octanol–water partition coefficient (Wildman–Crippen LogP) is 3.94. The van der Waals surface area contributed by atoms with E-state index in [0.29, 0.717) is 5.69 Å². The van der Waals surface area contributed by atoms with Crippen molar-refractivity contribution in [3.63, 3.8) is 0 Å². The van der Waals surface area contributed by atoms with Crippen LogP contribution in [-0.4, -0.2) is 18.4 Å². The van der Waals surface area contributed by atoms with Crippen LogP contribution in [-0.2, 0) is 22.4 Å². The molecule has 0 aliphatic carbocycles. The van der Waals surface area contributed by atoms with E-state index in [1.807, 2.05) is 32.0 Å². The molecule has 0 aromatic heterocycles. The minimum Gasteiger partial charge on any atom is -0.324 e. The third kappa shape index (κ3) is 4.66. The van der Waals surface area contributed by atoms with E-state index in [0.717, 1.165) is 29.7 Å². The van der Waals surface area contributed by atoms with Gasteiger partial charge in [-0.3, -0.25) is 9.59 Å². The molecule has 2 aromatic rings. The normalized spacial score (nSPS) is 10.4. The van der Waals surface area contributed by atoms with Gasteiger partial charge in [-0.05, 0) is 42.2 Å². The van der Waals surface area contributed by atoms with Crippen LogP contribution in [0, 0.1) is 5.82 Å². The Labute approximate surface area is 147 Å². The summed E-state index contributed by atoms with van der Waals surface area (Å²) in [7, 11) is 0. The molecule has 2 aromatic carbocycles. The molecule has 0 heterocycles. The Morgan fingerprint density at radius 3 is 2.16 bits per heavy atom. The molecule has 132 valence electrons. The predicted molar refractivity (Wildman–Crippen MR) is 98.3 cm³/mol. The average molecular weight is 342 g/mol. The maximum atomic E-state index is 13.4. The molecule has 0 radical (unpaired) electrons. The summed E-state index contributed by atoms with van der Waals surface area (Å²) in [5.41, 5.74) is 3.27. The molecule has 0 spiro atoms. The Morgan fingerprint density at radius 2 is 1.64 bits per heavy atom. The van der Waals surface area contributed by atoms with Crippen molar-refractivity contribution in [1.82, 2.24) is 0 Å². The van der Waals surface area contributed by atoms with Crippen molar-refractivity contribution in [3.05, 3.63) is 59.4 Å². The van der Waals surface area contributed by atoms with Crippen LogP contribution >= 0.6 is 0 Å². The van der Waals surface area contributed by atoms with Crippen molar-refractivity contribution in [1.29, 1.82) is 0 Å². The number of aryl methyl sites for hydroxylation is 2. The van der Waals surface area contributed by atoms with Gasteiger partial charge in [0, 0.05) is 18.3 Å². The number of nitrogens with one attached hydrogen (secondary N) is 1. The molecule has 0 aliphatic rings. The third-order valence-electron chi connectivity index (χ3n) is 4.06. The highest BCUT2D eigenvalue weighted by Gasteiger charge is 2.18. The van der Waals surface area contributed by atoms with Crippen molar-refractivity contribution < 1.29 is 14.0 Å². The number of hydrogen-bond donors (Lipinski definition) is 1. The van der Waals surface area contributed by atoms with Crippen LogP contribution in [0.15, 0.2) is 42.5 Å². The zero-order valence-electron chi connectivity index (χ0n) is 14.8. The van der Waals surface area contributed by atoms with E-state index in [2.05, 4.69) is 5.32 Å². The highest BCUT2D eigenvalue weighted by atomic mass is 19.1. The van der Waals surface area contributed by atoms with Crippen molar-refractivity contribution >= 4 is 23.2 Å². The number of para-hydroxylation sites is 1. The quantitative estimate of drug-likeness (QED) is 0.864. The van der Waals surface area contributed by atoms with E-state index in [-0.39, 0.29) is 18.4 Å². The maximum Gasteiger partial charge on any atom is 0.244 e. The van der Waals surface area contributed by atoms with Crippen LogP contribution in [0.2, 0.25) is 0 Å². The van der Waals surface area contributed by atoms with Crippen molar-refractivity contribution in [2.24, 2.45) is 0 Å². The van der Waals surface area contributed by atoms with Crippen LogP contribution < -0.4 is 10.2 Å². The summed E-state index contributed by atoms with van der Waals surface area (Å²) in [5.74, 6) is -1.08. The monoisotopic (exact) mass is 342 g/mol. The number of carbonyl (C=O) groups excluding carboxylic acids is 2.